The highest BCUT2D eigenvalue weighted by Gasteiger charge is 2.44. The summed E-state index contributed by atoms with van der Waals surface area (Å²) in [5, 5.41) is 54.3. The predicted octanol–water partition coefficient (Wildman–Crippen LogP) is 12.0. The van der Waals surface area contributed by atoms with Crippen LogP contribution in [0.5, 0.6) is 0 Å². The van der Waals surface area contributed by atoms with E-state index >= 15 is 0 Å². The Balaban J connectivity index is 2.30. The number of aliphatic hydroxyl groups is 5. The second-order valence-corrected chi connectivity index (χ2v) is 18.3. The molecule has 1 heterocycles. The van der Waals surface area contributed by atoms with Gasteiger partial charge in [-0.3, -0.25) is 4.79 Å². The third kappa shape index (κ3) is 33.0. The molecule has 0 bridgehead atoms. The minimum absolute atomic E-state index is 0.189. The summed E-state index contributed by atoms with van der Waals surface area (Å²) in [5.41, 5.74) is 0. The standard InChI is InChI=1S/C53H99NO8/c1-3-5-7-9-11-13-15-17-19-20-21-22-23-24-25-26-27-28-29-30-32-34-36-38-40-42-47(56)46(45-61-53-52(60)51(59)50(58)48(44-55)62-53)54-49(57)43-41-39-37-35-33-31-18-16-14-12-10-8-6-4-2/h27-28,32,34,40,42,46-48,50-53,55-56,58-60H,3-26,29-31,33,35-39,41,43-45H2,1-2H3,(H,54,57)/b28-27+,34-32+,42-40+. The Hall–Kier alpha value is -1.59. The summed E-state index contributed by atoms with van der Waals surface area (Å²) < 4.78 is 11.2. The van der Waals surface area contributed by atoms with Crippen LogP contribution < -0.4 is 5.32 Å². The average Bonchev–Trinajstić information content (AvgIpc) is 3.27. The summed E-state index contributed by atoms with van der Waals surface area (Å²) in [5.74, 6) is -0.189. The molecule has 0 aliphatic carbocycles. The molecule has 1 fully saturated rings. The molecule has 0 aromatic heterocycles. The molecule has 7 atom stereocenters. The van der Waals surface area contributed by atoms with Gasteiger partial charge in [-0.15, -0.1) is 0 Å². The first-order valence-corrected chi connectivity index (χ1v) is 26.2. The molecule has 364 valence electrons. The smallest absolute Gasteiger partial charge is 0.220 e. The number of nitrogens with one attached hydrogen (secondary N) is 1. The van der Waals surface area contributed by atoms with E-state index in [-0.39, 0.29) is 12.5 Å². The van der Waals surface area contributed by atoms with Crippen LogP contribution in [-0.2, 0) is 14.3 Å². The number of carbonyl (C=O) groups is 1. The summed E-state index contributed by atoms with van der Waals surface area (Å²) in [4.78, 5) is 13.0. The van der Waals surface area contributed by atoms with E-state index in [1.165, 1.54) is 173 Å². The molecule has 9 heteroatoms. The third-order valence-corrected chi connectivity index (χ3v) is 12.4. The van der Waals surface area contributed by atoms with E-state index in [9.17, 15) is 30.3 Å². The SMILES string of the molecule is CCCCCCCCCCCCCCCCC/C=C/CC/C=C/CC/C=C/C(O)C(COC1OC(CO)C(O)C(O)C1O)NC(=O)CCCCCCCCCCCCCCCC. The highest BCUT2D eigenvalue weighted by atomic mass is 16.7. The topological polar surface area (TPSA) is 149 Å². The van der Waals surface area contributed by atoms with Gasteiger partial charge in [0.2, 0.25) is 5.91 Å². The van der Waals surface area contributed by atoms with Crippen molar-refractivity contribution >= 4 is 5.91 Å². The number of aliphatic hydroxyl groups excluding tert-OH is 5. The van der Waals surface area contributed by atoms with Crippen LogP contribution in [0.15, 0.2) is 36.5 Å². The minimum Gasteiger partial charge on any atom is -0.394 e. The zero-order valence-corrected chi connectivity index (χ0v) is 40.1. The molecule has 6 N–H and O–H groups in total. The predicted molar refractivity (Wildman–Crippen MR) is 258 cm³/mol. The maximum Gasteiger partial charge on any atom is 0.220 e. The molecule has 0 spiro atoms. The molecule has 1 amide bonds. The van der Waals surface area contributed by atoms with E-state index in [0.29, 0.717) is 6.42 Å². The van der Waals surface area contributed by atoms with Gasteiger partial charge >= 0.3 is 0 Å². The normalized spacial score (nSPS) is 20.5. The van der Waals surface area contributed by atoms with Crippen LogP contribution in [0.2, 0.25) is 0 Å². The minimum atomic E-state index is -1.57. The van der Waals surface area contributed by atoms with Crippen LogP contribution in [0.4, 0.5) is 0 Å². The maximum absolute atomic E-state index is 13.0. The fraction of sp³-hybridized carbons (Fsp3) is 0.868. The fourth-order valence-electron chi connectivity index (χ4n) is 8.25. The quantitative estimate of drug-likeness (QED) is 0.0262. The van der Waals surface area contributed by atoms with Gasteiger partial charge in [0.25, 0.3) is 0 Å². The summed E-state index contributed by atoms with van der Waals surface area (Å²) in [6.45, 7) is 3.77. The molecule has 1 aliphatic rings. The lowest BCUT2D eigenvalue weighted by Crippen LogP contribution is -2.60. The van der Waals surface area contributed by atoms with E-state index in [0.717, 1.165) is 44.9 Å². The lowest BCUT2D eigenvalue weighted by Gasteiger charge is -2.40. The van der Waals surface area contributed by atoms with Crippen LogP contribution in [0.1, 0.15) is 239 Å². The van der Waals surface area contributed by atoms with Gasteiger partial charge in [0.05, 0.1) is 25.4 Å². The van der Waals surface area contributed by atoms with Gasteiger partial charge in [0, 0.05) is 6.42 Å². The number of rotatable bonds is 44. The lowest BCUT2D eigenvalue weighted by molar-refractivity contribution is -0.302. The second kappa shape index (κ2) is 43.3. The molecule has 7 unspecified atom stereocenters. The largest absolute Gasteiger partial charge is 0.394 e. The van der Waals surface area contributed by atoms with Crippen molar-refractivity contribution in [2.75, 3.05) is 13.2 Å². The molecule has 0 aromatic rings. The molecular weight excluding hydrogens is 779 g/mol. The van der Waals surface area contributed by atoms with E-state index < -0.39 is 49.5 Å². The average molecular weight is 878 g/mol. The zero-order valence-electron chi connectivity index (χ0n) is 40.1. The Morgan fingerprint density at radius 1 is 0.532 bits per heavy atom. The van der Waals surface area contributed by atoms with Gasteiger partial charge in [-0.05, 0) is 44.9 Å². The fourth-order valence-corrected chi connectivity index (χ4v) is 8.25. The Kier molecular flexibility index (Phi) is 40.8. The number of unbranched alkanes of at least 4 members (excludes halogenated alkanes) is 30. The first-order chi connectivity index (χ1) is 30.3. The number of amides is 1. The van der Waals surface area contributed by atoms with Crippen LogP contribution in [0.25, 0.3) is 0 Å². The van der Waals surface area contributed by atoms with Gasteiger partial charge in [0.1, 0.15) is 24.4 Å². The van der Waals surface area contributed by atoms with Crippen molar-refractivity contribution in [1.82, 2.24) is 5.32 Å². The first-order valence-electron chi connectivity index (χ1n) is 26.2. The summed E-state index contributed by atoms with van der Waals surface area (Å²) >= 11 is 0. The van der Waals surface area contributed by atoms with Crippen molar-refractivity contribution < 1.29 is 39.8 Å². The molecule has 1 saturated heterocycles. The number of hydrogen-bond donors (Lipinski definition) is 6. The second-order valence-electron chi connectivity index (χ2n) is 18.3. The number of carbonyl (C=O) groups excluding carboxylic acids is 1. The molecule has 0 radical (unpaired) electrons. The van der Waals surface area contributed by atoms with Crippen molar-refractivity contribution in [2.24, 2.45) is 0 Å². The first kappa shape index (κ1) is 58.4. The van der Waals surface area contributed by atoms with Crippen LogP contribution in [0.3, 0.4) is 0 Å². The monoisotopic (exact) mass is 878 g/mol. The Morgan fingerprint density at radius 3 is 1.35 bits per heavy atom. The van der Waals surface area contributed by atoms with Crippen molar-refractivity contribution in [1.29, 1.82) is 0 Å². The van der Waals surface area contributed by atoms with Gasteiger partial charge < -0.3 is 40.3 Å². The molecule has 1 rings (SSSR count). The van der Waals surface area contributed by atoms with Crippen LogP contribution >= 0.6 is 0 Å². The summed E-state index contributed by atoms with van der Waals surface area (Å²) in [6.07, 6.45) is 47.8. The zero-order chi connectivity index (χ0) is 45.1. The van der Waals surface area contributed by atoms with E-state index in [2.05, 4.69) is 43.5 Å². The van der Waals surface area contributed by atoms with Crippen molar-refractivity contribution in [2.45, 2.75) is 281 Å². The van der Waals surface area contributed by atoms with Crippen molar-refractivity contribution in [3.8, 4) is 0 Å². The Morgan fingerprint density at radius 2 is 0.919 bits per heavy atom. The van der Waals surface area contributed by atoms with Crippen LogP contribution in [0, 0.1) is 0 Å². The van der Waals surface area contributed by atoms with Crippen molar-refractivity contribution in [3.05, 3.63) is 36.5 Å². The lowest BCUT2D eigenvalue weighted by atomic mass is 9.99. The molecule has 0 aromatic carbocycles. The molecule has 9 nitrogen and oxygen atoms in total. The molecule has 62 heavy (non-hydrogen) atoms. The summed E-state index contributed by atoms with van der Waals surface area (Å²) in [6, 6.07) is -0.825. The van der Waals surface area contributed by atoms with E-state index in [4.69, 9.17) is 9.47 Å². The number of ether oxygens (including phenoxy) is 2. The van der Waals surface area contributed by atoms with E-state index in [1.807, 2.05) is 6.08 Å². The maximum atomic E-state index is 13.0. The van der Waals surface area contributed by atoms with Gasteiger partial charge in [-0.25, -0.2) is 0 Å². The highest BCUT2D eigenvalue weighted by Crippen LogP contribution is 2.23. The van der Waals surface area contributed by atoms with Gasteiger partial charge in [-0.2, -0.15) is 0 Å². The Labute approximate surface area is 381 Å². The van der Waals surface area contributed by atoms with Crippen LogP contribution in [-0.4, -0.2) is 87.5 Å². The summed E-state index contributed by atoms with van der Waals surface area (Å²) in [7, 11) is 0. The molecule has 0 saturated carbocycles. The van der Waals surface area contributed by atoms with Gasteiger partial charge in [-0.1, -0.05) is 224 Å². The van der Waals surface area contributed by atoms with Gasteiger partial charge in [0.15, 0.2) is 6.29 Å². The molecular formula is C53H99NO8. The van der Waals surface area contributed by atoms with Crippen molar-refractivity contribution in [3.63, 3.8) is 0 Å². The Bertz CT molecular complexity index is 1070. The number of allylic oxidation sites excluding steroid dienone is 5. The van der Waals surface area contributed by atoms with E-state index in [1.54, 1.807) is 6.08 Å². The number of hydrogen-bond acceptors (Lipinski definition) is 8. The molecule has 1 aliphatic heterocycles. The highest BCUT2D eigenvalue weighted by molar-refractivity contribution is 5.76. The third-order valence-electron chi connectivity index (χ3n) is 12.4.